The van der Waals surface area contributed by atoms with Gasteiger partial charge in [0.1, 0.15) is 18.0 Å². The molecule has 1 atom stereocenters. The van der Waals surface area contributed by atoms with Crippen LogP contribution in [0.2, 0.25) is 0 Å². The Hall–Kier alpha value is -4.14. The number of pyridine rings is 1. The van der Waals surface area contributed by atoms with Gasteiger partial charge in [-0.2, -0.15) is 0 Å². The molecular formula is C22H20N8O. The van der Waals surface area contributed by atoms with Gasteiger partial charge in [0, 0.05) is 41.9 Å². The first-order valence-electron chi connectivity index (χ1n) is 9.93. The second-order valence-corrected chi connectivity index (χ2v) is 7.46. The molecule has 0 unspecified atom stereocenters. The molecule has 0 saturated heterocycles. The third-order valence-corrected chi connectivity index (χ3v) is 5.33. The van der Waals surface area contributed by atoms with Gasteiger partial charge in [-0.1, -0.05) is 25.1 Å². The molecule has 9 nitrogen and oxygen atoms in total. The Bertz CT molecular complexity index is 1440. The summed E-state index contributed by atoms with van der Waals surface area (Å²) in [5.74, 6) is 1.57. The summed E-state index contributed by atoms with van der Waals surface area (Å²) >= 11 is 0. The number of benzene rings is 1. The molecule has 154 valence electrons. The number of para-hydroxylation sites is 1. The Labute approximate surface area is 177 Å². The average Bonchev–Trinajstić information content (AvgIpc) is 3.19. The molecule has 31 heavy (non-hydrogen) atoms. The van der Waals surface area contributed by atoms with Crippen molar-refractivity contribution in [1.29, 1.82) is 0 Å². The molecule has 3 N–H and O–H groups in total. The van der Waals surface area contributed by atoms with Crippen molar-refractivity contribution < 1.29 is 0 Å². The number of nitrogens with zero attached hydrogens (tertiary/aromatic N) is 5. The van der Waals surface area contributed by atoms with E-state index in [1.54, 1.807) is 18.6 Å². The molecule has 9 heteroatoms. The number of aryl methyl sites for hydroxylation is 1. The first-order chi connectivity index (χ1) is 15.1. The highest BCUT2D eigenvalue weighted by Gasteiger charge is 2.14. The fourth-order valence-corrected chi connectivity index (χ4v) is 3.67. The molecule has 4 heterocycles. The summed E-state index contributed by atoms with van der Waals surface area (Å²) in [6.45, 7) is 4.60. The van der Waals surface area contributed by atoms with E-state index in [1.165, 1.54) is 6.33 Å². The molecule has 0 amide bonds. The summed E-state index contributed by atoms with van der Waals surface area (Å²) in [6, 6.07) is 7.81. The molecule has 5 rings (SSSR count). The first-order valence-corrected chi connectivity index (χ1v) is 9.93. The maximum Gasteiger partial charge on any atom is 0.272 e. The Morgan fingerprint density at radius 2 is 1.87 bits per heavy atom. The van der Waals surface area contributed by atoms with Gasteiger partial charge in [0.05, 0.1) is 28.3 Å². The van der Waals surface area contributed by atoms with Crippen molar-refractivity contribution in [3.05, 3.63) is 70.9 Å². The molecule has 0 radical (unpaired) electrons. The minimum atomic E-state index is -0.140. The van der Waals surface area contributed by atoms with E-state index < -0.39 is 0 Å². The van der Waals surface area contributed by atoms with Gasteiger partial charge >= 0.3 is 0 Å². The van der Waals surface area contributed by atoms with Crippen molar-refractivity contribution in [1.82, 2.24) is 35.1 Å². The van der Waals surface area contributed by atoms with Gasteiger partial charge in [-0.05, 0) is 12.5 Å². The number of nitrogens with one attached hydrogen (secondary N) is 3. The number of aromatic amines is 2. The predicted octanol–water partition coefficient (Wildman–Crippen LogP) is 3.18. The predicted molar refractivity (Wildman–Crippen MR) is 119 cm³/mol. The molecule has 0 aliphatic carbocycles. The molecule has 0 fully saturated rings. The van der Waals surface area contributed by atoms with Crippen molar-refractivity contribution in [2.24, 2.45) is 0 Å². The molecule has 0 bridgehead atoms. The maximum atomic E-state index is 12.2. The molecule has 4 aromatic heterocycles. The second-order valence-electron chi connectivity index (χ2n) is 7.46. The van der Waals surface area contributed by atoms with E-state index in [4.69, 9.17) is 0 Å². The minimum Gasteiger partial charge on any atom is -0.369 e. The van der Waals surface area contributed by atoms with E-state index in [1.807, 2.05) is 31.2 Å². The third kappa shape index (κ3) is 3.50. The van der Waals surface area contributed by atoms with Crippen LogP contribution in [0.3, 0.4) is 0 Å². The lowest BCUT2D eigenvalue weighted by Gasteiger charge is -2.15. The van der Waals surface area contributed by atoms with Crippen molar-refractivity contribution in [2.45, 2.75) is 19.8 Å². The summed E-state index contributed by atoms with van der Waals surface area (Å²) in [5, 5.41) is 10.3. The summed E-state index contributed by atoms with van der Waals surface area (Å²) in [6.07, 6.45) is 6.72. The van der Waals surface area contributed by atoms with Crippen molar-refractivity contribution in [3.63, 3.8) is 0 Å². The molecule has 0 spiro atoms. The summed E-state index contributed by atoms with van der Waals surface area (Å²) in [7, 11) is 0. The molecule has 1 aromatic carbocycles. The summed E-state index contributed by atoms with van der Waals surface area (Å²) in [4.78, 5) is 33.9. The zero-order chi connectivity index (χ0) is 21.4. The van der Waals surface area contributed by atoms with E-state index in [-0.39, 0.29) is 11.5 Å². The van der Waals surface area contributed by atoms with Crippen LogP contribution in [0.25, 0.3) is 33.1 Å². The number of rotatable bonds is 5. The number of hydrogen-bond donors (Lipinski definition) is 3. The number of hydrogen-bond acceptors (Lipinski definition) is 7. The molecular weight excluding hydrogens is 392 g/mol. The lowest BCUT2D eigenvalue weighted by molar-refractivity contribution is 0.806. The van der Waals surface area contributed by atoms with Crippen LogP contribution < -0.4 is 10.9 Å². The highest BCUT2D eigenvalue weighted by atomic mass is 16.1. The van der Waals surface area contributed by atoms with E-state index in [0.29, 0.717) is 23.3 Å². The molecule has 0 aliphatic rings. The Kier molecular flexibility index (Phi) is 4.62. The minimum absolute atomic E-state index is 0.132. The van der Waals surface area contributed by atoms with Gasteiger partial charge in [0.15, 0.2) is 0 Å². The number of anilines is 1. The van der Waals surface area contributed by atoms with Crippen LogP contribution in [0.1, 0.15) is 24.2 Å². The van der Waals surface area contributed by atoms with Crippen LogP contribution in [0.5, 0.6) is 0 Å². The van der Waals surface area contributed by atoms with Gasteiger partial charge in [0.25, 0.3) is 5.56 Å². The standard InChI is InChI=1S/C22H20N8O/c1-12(7-25-19-6-17(27-11-28-19)14-8-23-13(2)24-9-14)15-4-3-5-16-20-18(10-26-21(15)16)29-30-22(20)31/h3-6,8-12H,7H2,1-2H3,(H,25,27,28)(H2,29,30,31)/t12-/m1/s1. The maximum absolute atomic E-state index is 12.2. The second kappa shape index (κ2) is 7.60. The average molecular weight is 412 g/mol. The van der Waals surface area contributed by atoms with Crippen LogP contribution >= 0.6 is 0 Å². The largest absolute Gasteiger partial charge is 0.369 e. The Balaban J connectivity index is 1.40. The highest BCUT2D eigenvalue weighted by molar-refractivity contribution is 6.04. The molecule has 5 aromatic rings. The SMILES string of the molecule is Cc1ncc(-c2cc(NC[C@@H](C)c3cccc4c3ncc3[nH][nH]c(=O)c34)ncn2)cn1. The summed E-state index contributed by atoms with van der Waals surface area (Å²) in [5.41, 5.74) is 4.05. The Morgan fingerprint density at radius 1 is 1.03 bits per heavy atom. The fourth-order valence-electron chi connectivity index (χ4n) is 3.67. The van der Waals surface area contributed by atoms with Gasteiger partial charge < -0.3 is 5.32 Å². The van der Waals surface area contributed by atoms with Gasteiger partial charge in [-0.3, -0.25) is 20.0 Å². The Morgan fingerprint density at radius 3 is 2.71 bits per heavy atom. The number of H-pyrrole nitrogens is 2. The lowest BCUT2D eigenvalue weighted by Crippen LogP contribution is -2.12. The monoisotopic (exact) mass is 412 g/mol. The topological polar surface area (TPSA) is 125 Å². The zero-order valence-corrected chi connectivity index (χ0v) is 17.0. The first kappa shape index (κ1) is 18.9. The van der Waals surface area contributed by atoms with Crippen LogP contribution in [0.4, 0.5) is 5.82 Å². The van der Waals surface area contributed by atoms with Crippen LogP contribution in [-0.4, -0.2) is 41.7 Å². The summed E-state index contributed by atoms with van der Waals surface area (Å²) < 4.78 is 0. The third-order valence-electron chi connectivity index (χ3n) is 5.33. The van der Waals surface area contributed by atoms with Gasteiger partial charge in [-0.15, -0.1) is 0 Å². The van der Waals surface area contributed by atoms with Crippen molar-refractivity contribution in [3.8, 4) is 11.3 Å². The zero-order valence-electron chi connectivity index (χ0n) is 17.0. The van der Waals surface area contributed by atoms with Crippen LogP contribution in [0, 0.1) is 6.92 Å². The highest BCUT2D eigenvalue weighted by Crippen LogP contribution is 2.27. The fraction of sp³-hybridized carbons (Fsp3) is 0.182. The van der Waals surface area contributed by atoms with Crippen LogP contribution in [-0.2, 0) is 0 Å². The van der Waals surface area contributed by atoms with Gasteiger partial charge in [-0.25, -0.2) is 19.9 Å². The molecule has 0 saturated carbocycles. The van der Waals surface area contributed by atoms with E-state index in [9.17, 15) is 4.79 Å². The van der Waals surface area contributed by atoms with Crippen LogP contribution in [0.15, 0.2) is 54.0 Å². The van der Waals surface area contributed by atoms with E-state index in [0.717, 1.165) is 33.5 Å². The van der Waals surface area contributed by atoms with Crippen molar-refractivity contribution >= 4 is 27.6 Å². The molecule has 0 aliphatic heterocycles. The number of aromatic nitrogens is 7. The van der Waals surface area contributed by atoms with Gasteiger partial charge in [0.2, 0.25) is 0 Å². The normalized spacial score (nSPS) is 12.3. The lowest BCUT2D eigenvalue weighted by atomic mass is 9.97. The van der Waals surface area contributed by atoms with Crippen molar-refractivity contribution in [2.75, 3.05) is 11.9 Å². The smallest absolute Gasteiger partial charge is 0.272 e. The number of fused-ring (bicyclic) bond motifs is 3. The van der Waals surface area contributed by atoms with E-state index >= 15 is 0 Å². The quantitative estimate of drug-likeness (QED) is 0.405. The van der Waals surface area contributed by atoms with E-state index in [2.05, 4.69) is 47.4 Å².